The van der Waals surface area contributed by atoms with Crippen molar-refractivity contribution in [2.45, 2.75) is 39.7 Å². The Kier molecular flexibility index (Phi) is 6.82. The van der Waals surface area contributed by atoms with Crippen LogP contribution in [0.2, 0.25) is 0 Å². The Labute approximate surface area is 157 Å². The van der Waals surface area contributed by atoms with Gasteiger partial charge in [0, 0.05) is 27.2 Å². The lowest BCUT2D eigenvalue weighted by molar-refractivity contribution is -0.127. The molecule has 1 saturated heterocycles. The lowest BCUT2D eigenvalue weighted by Gasteiger charge is -2.34. The maximum atomic E-state index is 12.9. The Morgan fingerprint density at radius 1 is 1.27 bits per heavy atom. The predicted molar refractivity (Wildman–Crippen MR) is 104 cm³/mol. The van der Waals surface area contributed by atoms with Crippen LogP contribution in [-0.2, 0) is 15.0 Å². The standard InChI is InChI=1S/C19H31N3O3S/c1-14(2)18(17-11-7-6-9-15(17)3)20-19(23)16-10-8-12-22(13-16)26(24,25)21(4)5/h6-7,9,11,14,16,18H,8,10,12-13H2,1-5H3,(H,20,23)/t16-,18-/m1/s1. The molecule has 1 aliphatic heterocycles. The smallest absolute Gasteiger partial charge is 0.281 e. The topological polar surface area (TPSA) is 69.7 Å². The number of piperidine rings is 1. The average Bonchev–Trinajstić information content (AvgIpc) is 2.60. The Morgan fingerprint density at radius 2 is 1.92 bits per heavy atom. The number of hydrogen-bond acceptors (Lipinski definition) is 3. The molecule has 0 saturated carbocycles. The molecule has 1 aromatic carbocycles. The summed E-state index contributed by atoms with van der Waals surface area (Å²) < 4.78 is 27.4. The van der Waals surface area contributed by atoms with Gasteiger partial charge in [0.1, 0.15) is 0 Å². The molecule has 1 heterocycles. The van der Waals surface area contributed by atoms with Gasteiger partial charge in [-0.15, -0.1) is 0 Å². The first-order valence-electron chi connectivity index (χ1n) is 9.18. The molecule has 1 aromatic rings. The van der Waals surface area contributed by atoms with Crippen LogP contribution >= 0.6 is 0 Å². The van der Waals surface area contributed by atoms with E-state index >= 15 is 0 Å². The van der Waals surface area contributed by atoms with E-state index in [9.17, 15) is 13.2 Å². The number of rotatable bonds is 6. The summed E-state index contributed by atoms with van der Waals surface area (Å²) in [6.45, 7) is 6.92. The van der Waals surface area contributed by atoms with Gasteiger partial charge in [-0.05, 0) is 36.8 Å². The number of amides is 1. The minimum atomic E-state index is -3.48. The highest BCUT2D eigenvalue weighted by atomic mass is 32.2. The van der Waals surface area contributed by atoms with Gasteiger partial charge in [-0.25, -0.2) is 0 Å². The second kappa shape index (κ2) is 8.50. The van der Waals surface area contributed by atoms with E-state index < -0.39 is 10.2 Å². The van der Waals surface area contributed by atoms with Crippen molar-refractivity contribution in [1.29, 1.82) is 0 Å². The average molecular weight is 382 g/mol. The minimum Gasteiger partial charge on any atom is -0.349 e. The van der Waals surface area contributed by atoms with Gasteiger partial charge in [0.15, 0.2) is 0 Å². The fourth-order valence-corrected chi connectivity index (χ4v) is 4.60. The molecule has 26 heavy (non-hydrogen) atoms. The summed E-state index contributed by atoms with van der Waals surface area (Å²) in [5, 5.41) is 3.17. The highest BCUT2D eigenvalue weighted by Crippen LogP contribution is 2.27. The van der Waals surface area contributed by atoms with Crippen molar-refractivity contribution in [1.82, 2.24) is 13.9 Å². The van der Waals surface area contributed by atoms with Gasteiger partial charge in [-0.1, -0.05) is 38.1 Å². The van der Waals surface area contributed by atoms with Crippen molar-refractivity contribution in [2.75, 3.05) is 27.2 Å². The normalized spacial score (nSPS) is 20.3. The second-order valence-electron chi connectivity index (χ2n) is 7.57. The minimum absolute atomic E-state index is 0.0643. The molecular weight excluding hydrogens is 350 g/mol. The summed E-state index contributed by atoms with van der Waals surface area (Å²) in [4.78, 5) is 12.9. The Hall–Kier alpha value is -1.44. The van der Waals surface area contributed by atoms with Crippen LogP contribution in [0.5, 0.6) is 0 Å². The van der Waals surface area contributed by atoms with Crippen molar-refractivity contribution in [3.63, 3.8) is 0 Å². The van der Waals surface area contributed by atoms with Crippen LogP contribution in [0.1, 0.15) is 43.9 Å². The fourth-order valence-electron chi connectivity index (χ4n) is 3.41. The number of carbonyl (C=O) groups is 1. The van der Waals surface area contributed by atoms with Gasteiger partial charge < -0.3 is 5.32 Å². The quantitative estimate of drug-likeness (QED) is 0.822. The molecule has 2 atom stereocenters. The zero-order valence-electron chi connectivity index (χ0n) is 16.4. The van der Waals surface area contributed by atoms with Gasteiger partial charge in [-0.2, -0.15) is 17.0 Å². The molecule has 0 bridgehead atoms. The number of nitrogens with one attached hydrogen (secondary N) is 1. The number of benzene rings is 1. The molecule has 146 valence electrons. The highest BCUT2D eigenvalue weighted by molar-refractivity contribution is 7.86. The molecule has 1 amide bonds. The number of nitrogens with zero attached hydrogens (tertiary/aromatic N) is 2. The molecule has 2 rings (SSSR count). The second-order valence-corrected chi connectivity index (χ2v) is 9.72. The van der Waals surface area contributed by atoms with Gasteiger partial charge in [0.25, 0.3) is 10.2 Å². The van der Waals surface area contributed by atoms with E-state index in [2.05, 4.69) is 19.2 Å². The Balaban J connectivity index is 2.13. The molecule has 0 aromatic heterocycles. The van der Waals surface area contributed by atoms with Crippen LogP contribution in [0.4, 0.5) is 0 Å². The number of carbonyl (C=O) groups excluding carboxylic acids is 1. The van der Waals surface area contributed by atoms with E-state index in [1.165, 1.54) is 22.7 Å². The summed E-state index contributed by atoms with van der Waals surface area (Å²) in [5.74, 6) is -0.139. The SMILES string of the molecule is Cc1ccccc1[C@H](NC(=O)[C@@H]1CCCN(S(=O)(=O)N(C)C)C1)C(C)C. The van der Waals surface area contributed by atoms with Crippen LogP contribution < -0.4 is 5.32 Å². The van der Waals surface area contributed by atoms with Crippen LogP contribution in [0.15, 0.2) is 24.3 Å². The lowest BCUT2D eigenvalue weighted by Crippen LogP contribution is -2.49. The van der Waals surface area contributed by atoms with E-state index in [0.29, 0.717) is 19.4 Å². The number of aryl methyl sites for hydroxylation is 1. The van der Waals surface area contributed by atoms with Crippen LogP contribution in [0.3, 0.4) is 0 Å². The molecule has 0 aliphatic carbocycles. The van der Waals surface area contributed by atoms with E-state index in [-0.39, 0.29) is 30.3 Å². The third kappa shape index (κ3) is 4.64. The molecule has 7 heteroatoms. The summed E-state index contributed by atoms with van der Waals surface area (Å²) in [5.41, 5.74) is 2.26. The van der Waals surface area contributed by atoms with E-state index in [1.54, 1.807) is 0 Å². The molecule has 0 radical (unpaired) electrons. The molecule has 1 aliphatic rings. The molecule has 1 N–H and O–H groups in total. The largest absolute Gasteiger partial charge is 0.349 e. The third-order valence-corrected chi connectivity index (χ3v) is 6.94. The van der Waals surface area contributed by atoms with Crippen molar-refractivity contribution in [3.05, 3.63) is 35.4 Å². The highest BCUT2D eigenvalue weighted by Gasteiger charge is 2.34. The first-order chi connectivity index (χ1) is 12.1. The third-order valence-electron chi connectivity index (χ3n) is 5.03. The molecule has 0 unspecified atom stereocenters. The maximum absolute atomic E-state index is 12.9. The maximum Gasteiger partial charge on any atom is 0.281 e. The summed E-state index contributed by atoms with van der Waals surface area (Å²) >= 11 is 0. The summed E-state index contributed by atoms with van der Waals surface area (Å²) in [6.07, 6.45) is 1.41. The fraction of sp³-hybridized carbons (Fsp3) is 0.632. The van der Waals surface area contributed by atoms with E-state index in [4.69, 9.17) is 0 Å². The van der Waals surface area contributed by atoms with Crippen LogP contribution in [-0.4, -0.2) is 50.1 Å². The lowest BCUT2D eigenvalue weighted by atomic mass is 9.91. The first-order valence-corrected chi connectivity index (χ1v) is 10.6. The molecule has 6 nitrogen and oxygen atoms in total. The predicted octanol–water partition coefficient (Wildman–Crippen LogP) is 2.33. The molecule has 0 spiro atoms. The monoisotopic (exact) mass is 381 g/mol. The molecule has 1 fully saturated rings. The van der Waals surface area contributed by atoms with Gasteiger partial charge in [-0.3, -0.25) is 4.79 Å². The first kappa shape index (κ1) is 20.9. The van der Waals surface area contributed by atoms with E-state index in [0.717, 1.165) is 11.1 Å². The van der Waals surface area contributed by atoms with E-state index in [1.807, 2.05) is 31.2 Å². The van der Waals surface area contributed by atoms with Crippen molar-refractivity contribution >= 4 is 16.1 Å². The summed E-state index contributed by atoms with van der Waals surface area (Å²) in [6, 6.07) is 7.98. The van der Waals surface area contributed by atoms with Crippen LogP contribution in [0.25, 0.3) is 0 Å². The van der Waals surface area contributed by atoms with Gasteiger partial charge in [0.2, 0.25) is 5.91 Å². The zero-order chi connectivity index (χ0) is 19.5. The van der Waals surface area contributed by atoms with Crippen molar-refractivity contribution < 1.29 is 13.2 Å². The van der Waals surface area contributed by atoms with Gasteiger partial charge >= 0.3 is 0 Å². The summed E-state index contributed by atoms with van der Waals surface area (Å²) in [7, 11) is -0.444. The zero-order valence-corrected chi connectivity index (χ0v) is 17.2. The van der Waals surface area contributed by atoms with Crippen molar-refractivity contribution in [2.24, 2.45) is 11.8 Å². The Bertz CT molecular complexity index is 731. The number of hydrogen-bond donors (Lipinski definition) is 1. The van der Waals surface area contributed by atoms with Crippen molar-refractivity contribution in [3.8, 4) is 0 Å². The Morgan fingerprint density at radius 3 is 2.50 bits per heavy atom. The van der Waals surface area contributed by atoms with Gasteiger partial charge in [0.05, 0.1) is 12.0 Å². The molecular formula is C19H31N3O3S. The van der Waals surface area contributed by atoms with Crippen LogP contribution in [0, 0.1) is 18.8 Å².